The zero-order chi connectivity index (χ0) is 24.6. The lowest BCUT2D eigenvalue weighted by Gasteiger charge is -2.15. The van der Waals surface area contributed by atoms with Crippen LogP contribution in [0.25, 0.3) is 10.9 Å². The molecule has 182 valence electrons. The van der Waals surface area contributed by atoms with Crippen molar-refractivity contribution in [1.29, 1.82) is 0 Å². The predicted octanol–water partition coefficient (Wildman–Crippen LogP) is 5.50. The standard InChI is InChI=1S/C25H26ClN5O4/c1-3-7-29-25(32)30-20-5-4-17(13-19(20)26)35-22-6-8-28-21-15-24(23(33-2)14-18(21)22)34-12-11-31-10-9-27-16-31/h4-6,8-10,13-16H,3,7,11-12H2,1-2H3,(H2,29,30,32). The first-order valence-corrected chi connectivity index (χ1v) is 11.5. The van der Waals surface area contributed by atoms with Crippen molar-refractivity contribution < 1.29 is 19.0 Å². The molecule has 0 unspecified atom stereocenters. The van der Waals surface area contributed by atoms with Gasteiger partial charge in [0.2, 0.25) is 0 Å². The Kier molecular flexibility index (Phi) is 7.89. The summed E-state index contributed by atoms with van der Waals surface area (Å²) in [4.78, 5) is 20.4. The number of aromatic nitrogens is 3. The van der Waals surface area contributed by atoms with E-state index >= 15 is 0 Å². The Hall–Kier alpha value is -3.98. The van der Waals surface area contributed by atoms with Gasteiger partial charge in [-0.1, -0.05) is 18.5 Å². The minimum Gasteiger partial charge on any atom is -0.493 e. The minimum atomic E-state index is -0.308. The van der Waals surface area contributed by atoms with Gasteiger partial charge >= 0.3 is 6.03 Å². The summed E-state index contributed by atoms with van der Waals surface area (Å²) in [6, 6.07) is 10.2. The van der Waals surface area contributed by atoms with E-state index in [-0.39, 0.29) is 6.03 Å². The van der Waals surface area contributed by atoms with E-state index in [0.29, 0.717) is 58.9 Å². The van der Waals surface area contributed by atoms with Gasteiger partial charge in [0.1, 0.15) is 18.1 Å². The maximum atomic E-state index is 11.9. The van der Waals surface area contributed by atoms with Crippen LogP contribution in [0.15, 0.2) is 61.3 Å². The molecule has 35 heavy (non-hydrogen) atoms. The van der Waals surface area contributed by atoms with E-state index in [1.54, 1.807) is 50.1 Å². The van der Waals surface area contributed by atoms with Crippen LogP contribution in [0.2, 0.25) is 5.02 Å². The van der Waals surface area contributed by atoms with E-state index in [0.717, 1.165) is 11.8 Å². The number of benzene rings is 2. The fourth-order valence-corrected chi connectivity index (χ4v) is 3.58. The van der Waals surface area contributed by atoms with Crippen LogP contribution in [-0.4, -0.2) is 40.8 Å². The van der Waals surface area contributed by atoms with Gasteiger partial charge in [0.25, 0.3) is 0 Å². The molecular formula is C25H26ClN5O4. The highest BCUT2D eigenvalue weighted by Crippen LogP contribution is 2.38. The van der Waals surface area contributed by atoms with Crippen LogP contribution >= 0.6 is 11.6 Å². The fraction of sp³-hybridized carbons (Fsp3) is 0.240. The normalized spacial score (nSPS) is 10.7. The van der Waals surface area contributed by atoms with Crippen LogP contribution in [0.1, 0.15) is 13.3 Å². The molecule has 0 aliphatic rings. The molecule has 10 heteroatoms. The first-order chi connectivity index (χ1) is 17.1. The Morgan fingerprint density at radius 1 is 1.11 bits per heavy atom. The van der Waals surface area contributed by atoms with E-state index in [9.17, 15) is 4.79 Å². The van der Waals surface area contributed by atoms with Crippen molar-refractivity contribution in [2.24, 2.45) is 0 Å². The molecule has 0 atom stereocenters. The number of methoxy groups -OCH3 is 1. The van der Waals surface area contributed by atoms with Crippen LogP contribution in [-0.2, 0) is 6.54 Å². The number of imidazole rings is 1. The number of nitrogens with one attached hydrogen (secondary N) is 2. The van der Waals surface area contributed by atoms with Gasteiger partial charge in [-0.15, -0.1) is 0 Å². The predicted molar refractivity (Wildman–Crippen MR) is 135 cm³/mol. The second-order valence-electron chi connectivity index (χ2n) is 7.60. The maximum absolute atomic E-state index is 11.9. The van der Waals surface area contributed by atoms with E-state index < -0.39 is 0 Å². The molecule has 4 aromatic rings. The number of carbonyl (C=O) groups is 1. The second-order valence-corrected chi connectivity index (χ2v) is 8.01. The number of amides is 2. The molecule has 2 aromatic heterocycles. The number of anilines is 1. The Bertz CT molecular complexity index is 1300. The van der Waals surface area contributed by atoms with Crippen LogP contribution < -0.4 is 24.8 Å². The highest BCUT2D eigenvalue weighted by atomic mass is 35.5. The van der Waals surface area contributed by atoms with Crippen molar-refractivity contribution in [2.45, 2.75) is 19.9 Å². The van der Waals surface area contributed by atoms with E-state index in [4.69, 9.17) is 25.8 Å². The van der Waals surface area contributed by atoms with Crippen molar-refractivity contribution in [3.05, 3.63) is 66.3 Å². The Labute approximate surface area is 208 Å². The smallest absolute Gasteiger partial charge is 0.319 e. The van der Waals surface area contributed by atoms with Crippen molar-refractivity contribution in [3.63, 3.8) is 0 Å². The summed E-state index contributed by atoms with van der Waals surface area (Å²) in [5.74, 6) is 2.25. The number of rotatable bonds is 10. The number of pyridine rings is 1. The Morgan fingerprint density at radius 2 is 2.00 bits per heavy atom. The fourth-order valence-electron chi connectivity index (χ4n) is 3.36. The average molecular weight is 496 g/mol. The van der Waals surface area contributed by atoms with Gasteiger partial charge < -0.3 is 29.4 Å². The molecule has 2 heterocycles. The number of hydrogen-bond acceptors (Lipinski definition) is 6. The molecule has 0 aliphatic heterocycles. The summed E-state index contributed by atoms with van der Waals surface area (Å²) in [5, 5.41) is 6.59. The third kappa shape index (κ3) is 6.13. The molecule has 0 radical (unpaired) electrons. The monoisotopic (exact) mass is 495 g/mol. The average Bonchev–Trinajstić information content (AvgIpc) is 3.38. The zero-order valence-electron chi connectivity index (χ0n) is 19.5. The van der Waals surface area contributed by atoms with Crippen LogP contribution in [0, 0.1) is 0 Å². The minimum absolute atomic E-state index is 0.308. The van der Waals surface area contributed by atoms with E-state index in [1.165, 1.54) is 0 Å². The van der Waals surface area contributed by atoms with Crippen molar-refractivity contribution in [2.75, 3.05) is 25.6 Å². The third-order valence-electron chi connectivity index (χ3n) is 5.11. The number of carbonyl (C=O) groups excluding carboxylic acids is 1. The van der Waals surface area contributed by atoms with Crippen LogP contribution in [0.5, 0.6) is 23.0 Å². The van der Waals surface area contributed by atoms with Crippen molar-refractivity contribution in [1.82, 2.24) is 19.9 Å². The van der Waals surface area contributed by atoms with Gasteiger partial charge in [0, 0.05) is 42.7 Å². The Balaban J connectivity index is 1.51. The van der Waals surface area contributed by atoms with Gasteiger partial charge in [-0.25, -0.2) is 9.78 Å². The maximum Gasteiger partial charge on any atom is 0.319 e. The van der Waals surface area contributed by atoms with E-state index in [2.05, 4.69) is 20.6 Å². The molecule has 0 aliphatic carbocycles. The second kappa shape index (κ2) is 11.4. The summed E-state index contributed by atoms with van der Waals surface area (Å²) >= 11 is 6.37. The number of hydrogen-bond donors (Lipinski definition) is 2. The number of nitrogens with zero attached hydrogens (tertiary/aromatic N) is 3. The van der Waals surface area contributed by atoms with Crippen molar-refractivity contribution in [3.8, 4) is 23.0 Å². The number of halogens is 1. The molecule has 0 bridgehead atoms. The van der Waals surface area contributed by atoms with Gasteiger partial charge in [0.05, 0.1) is 36.2 Å². The number of ether oxygens (including phenoxy) is 3. The quantitative estimate of drug-likeness (QED) is 0.301. The molecule has 2 N–H and O–H groups in total. The lowest BCUT2D eigenvalue weighted by molar-refractivity contribution is 0.252. The molecule has 0 fully saturated rings. The highest BCUT2D eigenvalue weighted by molar-refractivity contribution is 6.33. The lowest BCUT2D eigenvalue weighted by atomic mass is 10.1. The summed E-state index contributed by atoms with van der Waals surface area (Å²) in [7, 11) is 1.59. The van der Waals surface area contributed by atoms with Crippen LogP contribution in [0.3, 0.4) is 0 Å². The molecule has 2 amide bonds. The van der Waals surface area contributed by atoms with Gasteiger partial charge in [-0.3, -0.25) is 4.98 Å². The molecular weight excluding hydrogens is 470 g/mol. The molecule has 4 rings (SSSR count). The first-order valence-electron chi connectivity index (χ1n) is 11.1. The lowest BCUT2D eigenvalue weighted by Crippen LogP contribution is -2.29. The first kappa shape index (κ1) is 24.2. The van der Waals surface area contributed by atoms with Gasteiger partial charge in [-0.2, -0.15) is 0 Å². The summed E-state index contributed by atoms with van der Waals surface area (Å²) in [6.07, 6.45) is 7.85. The molecule has 2 aromatic carbocycles. The summed E-state index contributed by atoms with van der Waals surface area (Å²) < 4.78 is 19.5. The number of fused-ring (bicyclic) bond motifs is 1. The number of urea groups is 1. The zero-order valence-corrected chi connectivity index (χ0v) is 20.2. The molecule has 9 nitrogen and oxygen atoms in total. The molecule has 0 saturated carbocycles. The molecule has 0 saturated heterocycles. The van der Waals surface area contributed by atoms with Gasteiger partial charge in [-0.05, 0) is 30.7 Å². The van der Waals surface area contributed by atoms with Crippen molar-refractivity contribution >= 4 is 34.2 Å². The Morgan fingerprint density at radius 3 is 2.74 bits per heavy atom. The SMILES string of the molecule is CCCNC(=O)Nc1ccc(Oc2ccnc3cc(OCCn4ccnc4)c(OC)cc23)cc1Cl. The largest absolute Gasteiger partial charge is 0.493 e. The third-order valence-corrected chi connectivity index (χ3v) is 5.42. The van der Waals surface area contributed by atoms with E-state index in [1.807, 2.05) is 29.8 Å². The highest BCUT2D eigenvalue weighted by Gasteiger charge is 2.13. The topological polar surface area (TPSA) is 99.5 Å². The summed E-state index contributed by atoms with van der Waals surface area (Å²) in [5.41, 5.74) is 1.18. The molecule has 0 spiro atoms. The van der Waals surface area contributed by atoms with Gasteiger partial charge in [0.15, 0.2) is 11.5 Å². The summed E-state index contributed by atoms with van der Waals surface area (Å²) in [6.45, 7) is 3.67. The van der Waals surface area contributed by atoms with Crippen LogP contribution in [0.4, 0.5) is 10.5 Å².